The van der Waals surface area contributed by atoms with Crippen LogP contribution in [0.15, 0.2) is 110 Å². The van der Waals surface area contributed by atoms with E-state index in [9.17, 15) is 26.4 Å². The van der Waals surface area contributed by atoms with E-state index < -0.39 is 65.7 Å². The van der Waals surface area contributed by atoms with Crippen LogP contribution in [0.5, 0.6) is 23.0 Å². The Morgan fingerprint density at radius 1 is 0.488 bits per heavy atom. The molecule has 0 saturated carbocycles. The zero-order valence-corrected chi connectivity index (χ0v) is 48.5. The zero-order valence-electron chi connectivity index (χ0n) is 46.9. The average molecular weight is 1160 g/mol. The molecular weight excluding hydrogens is 1090 g/mol. The van der Waals surface area contributed by atoms with Crippen LogP contribution in [0.2, 0.25) is 0 Å². The van der Waals surface area contributed by atoms with Crippen LogP contribution in [0.25, 0.3) is 11.4 Å². The lowest BCUT2D eigenvalue weighted by atomic mass is 10.0. The summed E-state index contributed by atoms with van der Waals surface area (Å²) in [5, 5.41) is 15.6. The van der Waals surface area contributed by atoms with E-state index in [-0.39, 0.29) is 47.7 Å². The maximum absolute atomic E-state index is 13.9. The Bertz CT molecular complexity index is 3580. The quantitative estimate of drug-likeness (QED) is 0.0711. The second-order valence-corrected chi connectivity index (χ2v) is 24.5. The Hall–Kier alpha value is -8.32. The van der Waals surface area contributed by atoms with E-state index in [4.69, 9.17) is 28.4 Å². The molecule has 6 atom stereocenters. The number of aromatic nitrogens is 10. The number of benzene rings is 4. The normalized spacial score (nSPS) is 16.3. The SMILES string of the molecule is COc1cccc(OC)c1-n1c(CS(=O)(=O)[C@@H](C)[C@H](OC)c2ncc(C)cn2)nnc1[C@@H]1CC(=O)c2ccccc21.COc1cccc(OC)c1-n1c(CS(=O)(=O)[C@@H](C)[C@H](OC)c2ncc(C)cn2)nnc1[C@H]1CC(=O)c2ccccc21. The molecule has 0 spiro atoms. The number of ketones is 2. The molecule has 0 bridgehead atoms. The number of carbonyl (C=O) groups is 2. The van der Waals surface area contributed by atoms with Crippen LogP contribution in [0.4, 0.5) is 0 Å². The highest BCUT2D eigenvalue weighted by molar-refractivity contribution is 7.91. The monoisotopic (exact) mass is 1150 g/mol. The van der Waals surface area contributed by atoms with Gasteiger partial charge in [-0.25, -0.2) is 36.8 Å². The van der Waals surface area contributed by atoms with Crippen molar-refractivity contribution in [1.29, 1.82) is 0 Å². The van der Waals surface area contributed by atoms with Gasteiger partial charge in [-0.3, -0.25) is 18.7 Å². The van der Waals surface area contributed by atoms with E-state index in [1.807, 2.05) is 50.2 Å². The third kappa shape index (κ3) is 11.3. The number of nitrogens with zero attached hydrogens (tertiary/aromatic N) is 10. The number of sulfone groups is 2. The number of hydrogen-bond donors (Lipinski definition) is 0. The van der Waals surface area contributed by atoms with Crippen LogP contribution in [0, 0.1) is 13.8 Å². The smallest absolute Gasteiger partial charge is 0.164 e. The van der Waals surface area contributed by atoms with Crippen molar-refractivity contribution in [2.45, 2.75) is 86.6 Å². The number of methoxy groups -OCH3 is 6. The lowest BCUT2D eigenvalue weighted by Gasteiger charge is -2.23. The highest BCUT2D eigenvalue weighted by Crippen LogP contribution is 2.44. The largest absolute Gasteiger partial charge is 0.494 e. The van der Waals surface area contributed by atoms with Crippen molar-refractivity contribution in [2.75, 3.05) is 42.7 Å². The molecule has 0 fully saturated rings. The van der Waals surface area contributed by atoms with E-state index in [0.717, 1.165) is 22.3 Å². The Labute approximate surface area is 475 Å². The molecule has 0 N–H and O–H groups in total. The summed E-state index contributed by atoms with van der Waals surface area (Å²) in [6, 6.07) is 25.2. The van der Waals surface area contributed by atoms with Gasteiger partial charge >= 0.3 is 0 Å². The molecule has 2 aliphatic carbocycles. The first-order valence-electron chi connectivity index (χ1n) is 26.0. The Morgan fingerprint density at radius 2 is 0.817 bits per heavy atom. The first kappa shape index (κ1) is 58.3. The van der Waals surface area contributed by atoms with E-state index in [1.54, 1.807) is 96.3 Å². The first-order chi connectivity index (χ1) is 39.4. The van der Waals surface area contributed by atoms with Gasteiger partial charge in [0.1, 0.15) is 69.7 Å². The fourth-order valence-electron chi connectivity index (χ4n) is 10.4. The van der Waals surface area contributed by atoms with Crippen LogP contribution in [0.1, 0.15) is 129 Å². The van der Waals surface area contributed by atoms with Crippen LogP contribution in [0.3, 0.4) is 0 Å². The molecule has 428 valence electrons. The van der Waals surface area contributed by atoms with Crippen molar-refractivity contribution in [1.82, 2.24) is 49.5 Å². The molecular formula is C58H62N10O12S2. The molecule has 0 aliphatic heterocycles. The van der Waals surface area contributed by atoms with Gasteiger partial charge in [0.25, 0.3) is 0 Å². The maximum atomic E-state index is 13.9. The lowest BCUT2D eigenvalue weighted by molar-refractivity contribution is 0.0947. The zero-order chi connectivity index (χ0) is 58.6. The van der Waals surface area contributed by atoms with Gasteiger partial charge in [-0.1, -0.05) is 60.7 Å². The third-order valence-corrected chi connectivity index (χ3v) is 18.8. The summed E-state index contributed by atoms with van der Waals surface area (Å²) in [6.45, 7) is 6.81. The van der Waals surface area contributed by atoms with Gasteiger partial charge in [-0.05, 0) is 74.2 Å². The number of fused-ring (bicyclic) bond motifs is 2. The average Bonchev–Trinajstić information content (AvgIpc) is 4.39. The van der Waals surface area contributed by atoms with Crippen LogP contribution < -0.4 is 18.9 Å². The van der Waals surface area contributed by atoms with Crippen molar-refractivity contribution < 1.29 is 54.8 Å². The summed E-state index contributed by atoms with van der Waals surface area (Å²) in [5.74, 6) is 1.49. The molecule has 0 unspecified atom stereocenters. The van der Waals surface area contributed by atoms with E-state index in [1.165, 1.54) is 42.7 Å². The number of carbonyl (C=O) groups excluding carboxylic acids is 2. The Morgan fingerprint density at radius 3 is 1.13 bits per heavy atom. The number of aryl methyl sites for hydroxylation is 2. The van der Waals surface area contributed by atoms with Crippen molar-refractivity contribution >= 4 is 31.2 Å². The van der Waals surface area contributed by atoms with E-state index in [2.05, 4.69) is 40.3 Å². The van der Waals surface area contributed by atoms with Gasteiger partial charge in [-0.15, -0.1) is 20.4 Å². The Kier molecular flexibility index (Phi) is 17.4. The molecule has 82 heavy (non-hydrogen) atoms. The van der Waals surface area contributed by atoms with Crippen molar-refractivity contribution in [3.8, 4) is 34.4 Å². The second kappa shape index (κ2) is 24.4. The lowest BCUT2D eigenvalue weighted by Crippen LogP contribution is -2.30. The molecule has 10 rings (SSSR count). The molecule has 0 amide bonds. The van der Waals surface area contributed by atoms with Crippen LogP contribution >= 0.6 is 0 Å². The van der Waals surface area contributed by atoms with Crippen LogP contribution in [-0.4, -0.2) is 131 Å². The molecule has 0 saturated heterocycles. The molecule has 2 aliphatic rings. The number of Topliss-reactive ketones (excluding diaryl/α,β-unsaturated/α-hetero) is 2. The molecule has 22 nitrogen and oxygen atoms in total. The van der Waals surface area contributed by atoms with Gasteiger partial charge in [0, 0.05) is 63.0 Å². The first-order valence-corrected chi connectivity index (χ1v) is 29.4. The number of para-hydroxylation sites is 2. The third-order valence-electron chi connectivity index (χ3n) is 14.7. The minimum absolute atomic E-state index is 0.0176. The van der Waals surface area contributed by atoms with Crippen molar-refractivity contribution in [2.24, 2.45) is 0 Å². The van der Waals surface area contributed by atoms with Crippen molar-refractivity contribution in [3.05, 3.63) is 178 Å². The van der Waals surface area contributed by atoms with Gasteiger partial charge < -0.3 is 28.4 Å². The number of hydrogen-bond acceptors (Lipinski definition) is 20. The topological polar surface area (TPSA) is 271 Å². The molecule has 4 aromatic carbocycles. The van der Waals surface area contributed by atoms with E-state index in [0.29, 0.717) is 57.1 Å². The standard InChI is InChI=1S/2C29H31N5O6S/c2*1-17-14-30-28(31-15-17)27(40-5)18(2)41(36,37)16-25-32-33-29(21-13-22(35)20-10-7-6-9-19(20)21)34(25)26-23(38-3)11-8-12-24(26)39-4/h2*6-12,14-15,18,21,27H,13,16H2,1-5H3/t18-,21+,27-;18-,21-,27-/m00/s1. The van der Waals surface area contributed by atoms with Gasteiger partial charge in [0.2, 0.25) is 0 Å². The number of rotatable bonds is 20. The van der Waals surface area contributed by atoms with Gasteiger partial charge in [-0.2, -0.15) is 0 Å². The summed E-state index contributed by atoms with van der Waals surface area (Å²) >= 11 is 0. The van der Waals surface area contributed by atoms with Crippen LogP contribution in [-0.2, 0) is 40.7 Å². The van der Waals surface area contributed by atoms with Gasteiger partial charge in [0.05, 0.1) is 50.8 Å². The summed E-state index contributed by atoms with van der Waals surface area (Å²) in [7, 11) is 1.08. The molecule has 24 heteroatoms. The summed E-state index contributed by atoms with van der Waals surface area (Å²) in [5.41, 5.74) is 5.41. The van der Waals surface area contributed by atoms with Gasteiger partial charge in [0.15, 0.2) is 54.5 Å². The molecule has 4 heterocycles. The predicted molar refractivity (Wildman–Crippen MR) is 301 cm³/mol. The fraction of sp³-hybridized carbons (Fsp3) is 0.345. The maximum Gasteiger partial charge on any atom is 0.164 e. The summed E-state index contributed by atoms with van der Waals surface area (Å²) < 4.78 is 92.6. The minimum atomic E-state index is -3.91. The fourth-order valence-corrected chi connectivity index (χ4v) is 13.2. The van der Waals surface area contributed by atoms with Crippen molar-refractivity contribution in [3.63, 3.8) is 0 Å². The molecule has 8 aromatic rings. The number of ether oxygens (including phenoxy) is 6. The second-order valence-electron chi connectivity index (χ2n) is 19.8. The summed E-state index contributed by atoms with van der Waals surface area (Å²) in [4.78, 5) is 43.0. The molecule has 0 radical (unpaired) electrons. The van der Waals surface area contributed by atoms with E-state index >= 15 is 0 Å². The summed E-state index contributed by atoms with van der Waals surface area (Å²) in [6.07, 6.45) is 5.00. The molecule has 4 aromatic heterocycles. The highest BCUT2D eigenvalue weighted by Gasteiger charge is 2.41. The predicted octanol–water partition coefficient (Wildman–Crippen LogP) is 7.58. The minimum Gasteiger partial charge on any atom is -0.494 e. The Balaban J connectivity index is 0.000000198. The highest BCUT2D eigenvalue weighted by atomic mass is 32.2.